The van der Waals surface area contributed by atoms with Gasteiger partial charge < -0.3 is 25.2 Å². The van der Waals surface area contributed by atoms with Gasteiger partial charge in [0.2, 0.25) is 0 Å². The monoisotopic (exact) mass is 334 g/mol. The molecule has 0 fully saturated rings. The third-order valence-electron chi connectivity index (χ3n) is 3.61. The lowest BCUT2D eigenvalue weighted by Crippen LogP contribution is -2.43. The zero-order chi connectivity index (χ0) is 17.8. The quantitative estimate of drug-likeness (QED) is 0.351. The van der Waals surface area contributed by atoms with Crippen LogP contribution in [0.25, 0.3) is 0 Å². The van der Waals surface area contributed by atoms with E-state index >= 15 is 0 Å². The number of carbonyl (C=O) groups is 2. The minimum atomic E-state index is -1.55. The van der Waals surface area contributed by atoms with Gasteiger partial charge in [-0.15, -0.1) is 0 Å². The molecule has 4 atom stereocenters. The molecule has 136 valence electrons. The average Bonchev–Trinajstić information content (AvgIpc) is 2.58. The summed E-state index contributed by atoms with van der Waals surface area (Å²) in [4.78, 5) is 24.2. The molecule has 0 saturated heterocycles. The van der Waals surface area contributed by atoms with Crippen molar-refractivity contribution in [3.63, 3.8) is 0 Å². The molecule has 0 aromatic heterocycles. The van der Waals surface area contributed by atoms with Crippen molar-refractivity contribution in [1.29, 1.82) is 0 Å². The Hall–Kier alpha value is -0.860. The smallest absolute Gasteiger partial charge is 0.192 e. The highest BCUT2D eigenvalue weighted by molar-refractivity contribution is 5.89. The molecule has 0 heterocycles. The van der Waals surface area contributed by atoms with E-state index in [0.29, 0.717) is 25.7 Å². The molecule has 0 saturated carbocycles. The van der Waals surface area contributed by atoms with Crippen LogP contribution in [0.15, 0.2) is 0 Å². The fourth-order valence-electron chi connectivity index (χ4n) is 2.14. The predicted molar refractivity (Wildman–Crippen MR) is 83.9 cm³/mol. The number of unbranched alkanes of at least 4 members (excludes halogenated alkanes) is 2. The van der Waals surface area contributed by atoms with Crippen molar-refractivity contribution in [3.8, 4) is 0 Å². The van der Waals surface area contributed by atoms with Crippen molar-refractivity contribution in [1.82, 2.24) is 0 Å². The Balaban J connectivity index is 5.07. The SMILES string of the molecule is CCCCC(OC(CCCC)C(=O)C(O)CO)C(=O)C(O)CO. The van der Waals surface area contributed by atoms with Crippen LogP contribution in [0, 0.1) is 0 Å². The van der Waals surface area contributed by atoms with Crippen molar-refractivity contribution in [2.45, 2.75) is 76.8 Å². The van der Waals surface area contributed by atoms with E-state index in [9.17, 15) is 19.8 Å². The minimum absolute atomic E-state index is 0.317. The van der Waals surface area contributed by atoms with Gasteiger partial charge in [0.05, 0.1) is 13.2 Å². The highest BCUT2D eigenvalue weighted by atomic mass is 16.5. The summed E-state index contributed by atoms with van der Waals surface area (Å²) in [6, 6.07) is 0. The number of aliphatic hydroxyl groups is 4. The first-order chi connectivity index (χ1) is 10.9. The number of carbonyl (C=O) groups excluding carboxylic acids is 2. The van der Waals surface area contributed by atoms with E-state index in [-0.39, 0.29) is 0 Å². The molecule has 0 aliphatic heterocycles. The third-order valence-corrected chi connectivity index (χ3v) is 3.61. The zero-order valence-electron chi connectivity index (χ0n) is 14.0. The minimum Gasteiger partial charge on any atom is -0.393 e. The van der Waals surface area contributed by atoms with Gasteiger partial charge in [-0.2, -0.15) is 0 Å². The molecule has 0 spiro atoms. The summed E-state index contributed by atoms with van der Waals surface area (Å²) in [5.74, 6) is -1.34. The predicted octanol–water partition coefficient (Wildman–Crippen LogP) is -0.0348. The Bertz CT molecular complexity index is 313. The molecule has 0 amide bonds. The first kappa shape index (κ1) is 22.1. The summed E-state index contributed by atoms with van der Waals surface area (Å²) in [7, 11) is 0. The standard InChI is InChI=1S/C16H30O7/c1-3-5-7-13(15(21)11(19)9-17)23-14(8-6-4-2)16(22)12(20)10-18/h11-14,17-20H,3-10H2,1-2H3. The lowest BCUT2D eigenvalue weighted by atomic mass is 10.0. The Morgan fingerprint density at radius 2 is 1.17 bits per heavy atom. The van der Waals surface area contributed by atoms with E-state index in [1.807, 2.05) is 13.8 Å². The molecule has 0 radical (unpaired) electrons. The largest absolute Gasteiger partial charge is 0.393 e. The van der Waals surface area contributed by atoms with Gasteiger partial charge in [0, 0.05) is 0 Å². The van der Waals surface area contributed by atoms with Crippen molar-refractivity contribution < 1.29 is 34.8 Å². The van der Waals surface area contributed by atoms with Gasteiger partial charge >= 0.3 is 0 Å². The summed E-state index contributed by atoms with van der Waals surface area (Å²) in [6.45, 7) is 2.44. The summed E-state index contributed by atoms with van der Waals surface area (Å²) in [5, 5.41) is 36.9. The second-order valence-corrected chi connectivity index (χ2v) is 5.60. The van der Waals surface area contributed by atoms with Crippen LogP contribution < -0.4 is 0 Å². The van der Waals surface area contributed by atoms with Crippen LogP contribution in [0.4, 0.5) is 0 Å². The van der Waals surface area contributed by atoms with Crippen LogP contribution in [0.2, 0.25) is 0 Å². The van der Waals surface area contributed by atoms with Crippen LogP contribution in [-0.2, 0) is 14.3 Å². The zero-order valence-corrected chi connectivity index (χ0v) is 14.0. The van der Waals surface area contributed by atoms with Crippen LogP contribution in [0.1, 0.15) is 52.4 Å². The number of ketones is 2. The summed E-state index contributed by atoms with van der Waals surface area (Å²) in [6.07, 6.45) is -1.59. The third kappa shape index (κ3) is 7.99. The Morgan fingerprint density at radius 3 is 1.43 bits per heavy atom. The van der Waals surface area contributed by atoms with E-state index in [2.05, 4.69) is 0 Å². The van der Waals surface area contributed by atoms with Crippen molar-refractivity contribution in [2.24, 2.45) is 0 Å². The van der Waals surface area contributed by atoms with Crippen molar-refractivity contribution >= 4 is 11.6 Å². The molecule has 4 N–H and O–H groups in total. The van der Waals surface area contributed by atoms with Crippen LogP contribution in [0.5, 0.6) is 0 Å². The molecule has 0 rings (SSSR count). The van der Waals surface area contributed by atoms with Gasteiger partial charge in [-0.3, -0.25) is 9.59 Å². The molecule has 0 aliphatic rings. The number of hydrogen-bond donors (Lipinski definition) is 4. The number of ether oxygens (including phenoxy) is 1. The Morgan fingerprint density at radius 1 is 0.826 bits per heavy atom. The summed E-state index contributed by atoms with van der Waals surface area (Å²) in [5.41, 5.74) is 0. The molecule has 0 bridgehead atoms. The molecule has 0 aromatic carbocycles. The Kier molecular flexibility index (Phi) is 12.1. The maximum absolute atomic E-state index is 12.1. The van der Waals surface area contributed by atoms with E-state index < -0.39 is 49.2 Å². The summed E-state index contributed by atoms with van der Waals surface area (Å²) >= 11 is 0. The number of Topliss-reactive ketones (excluding diaryl/α,β-unsaturated/α-hetero) is 2. The normalized spacial score (nSPS) is 16.6. The molecule has 7 heteroatoms. The number of rotatable bonds is 14. The highest BCUT2D eigenvalue weighted by Gasteiger charge is 2.32. The number of aliphatic hydroxyl groups excluding tert-OH is 4. The summed E-state index contributed by atoms with van der Waals surface area (Å²) < 4.78 is 5.58. The topological polar surface area (TPSA) is 124 Å². The molecule has 0 aromatic rings. The second kappa shape index (κ2) is 12.5. The highest BCUT2D eigenvalue weighted by Crippen LogP contribution is 2.16. The van der Waals surface area contributed by atoms with Gasteiger partial charge in [-0.25, -0.2) is 0 Å². The number of hydrogen-bond acceptors (Lipinski definition) is 7. The van der Waals surface area contributed by atoms with E-state index in [0.717, 1.165) is 12.8 Å². The lowest BCUT2D eigenvalue weighted by molar-refractivity contribution is -0.156. The van der Waals surface area contributed by atoms with Gasteiger partial charge in [-0.05, 0) is 12.8 Å². The van der Waals surface area contributed by atoms with Crippen molar-refractivity contribution in [3.05, 3.63) is 0 Å². The maximum atomic E-state index is 12.1. The van der Waals surface area contributed by atoms with Gasteiger partial charge in [0.1, 0.15) is 24.4 Å². The average molecular weight is 334 g/mol. The Labute approximate surface area is 137 Å². The maximum Gasteiger partial charge on any atom is 0.192 e. The van der Waals surface area contributed by atoms with Crippen LogP contribution in [0.3, 0.4) is 0 Å². The van der Waals surface area contributed by atoms with Gasteiger partial charge in [0.15, 0.2) is 11.6 Å². The molecular weight excluding hydrogens is 304 g/mol. The van der Waals surface area contributed by atoms with Crippen LogP contribution >= 0.6 is 0 Å². The van der Waals surface area contributed by atoms with Gasteiger partial charge in [-0.1, -0.05) is 39.5 Å². The fraction of sp³-hybridized carbons (Fsp3) is 0.875. The fourth-order valence-corrected chi connectivity index (χ4v) is 2.14. The first-order valence-corrected chi connectivity index (χ1v) is 8.23. The molecule has 7 nitrogen and oxygen atoms in total. The van der Waals surface area contributed by atoms with E-state index in [4.69, 9.17) is 14.9 Å². The first-order valence-electron chi connectivity index (χ1n) is 8.23. The molecule has 23 heavy (non-hydrogen) atoms. The van der Waals surface area contributed by atoms with E-state index in [1.54, 1.807) is 0 Å². The molecule has 0 aliphatic carbocycles. The van der Waals surface area contributed by atoms with E-state index in [1.165, 1.54) is 0 Å². The lowest BCUT2D eigenvalue weighted by Gasteiger charge is -2.25. The molecule has 4 unspecified atom stereocenters. The van der Waals surface area contributed by atoms with Gasteiger partial charge in [0.25, 0.3) is 0 Å². The van der Waals surface area contributed by atoms with Crippen LogP contribution in [-0.4, -0.2) is 69.6 Å². The molecular formula is C16H30O7. The van der Waals surface area contributed by atoms with Crippen molar-refractivity contribution in [2.75, 3.05) is 13.2 Å². The second-order valence-electron chi connectivity index (χ2n) is 5.60.